The van der Waals surface area contributed by atoms with Gasteiger partial charge in [0.2, 0.25) is 0 Å². The lowest BCUT2D eigenvalue weighted by molar-refractivity contribution is 0.0595. The number of likely N-dealkylation sites (tertiary alicyclic amines) is 1. The molecule has 146 valence electrons. The first-order valence-electron chi connectivity index (χ1n) is 9.91. The van der Waals surface area contributed by atoms with Crippen LogP contribution in [0.5, 0.6) is 5.75 Å². The summed E-state index contributed by atoms with van der Waals surface area (Å²) in [4.78, 5) is 14.2. The van der Waals surface area contributed by atoms with E-state index in [1.807, 2.05) is 0 Å². The molecule has 0 aromatic heterocycles. The molecule has 0 radical (unpaired) electrons. The number of halogens is 1. The number of carbonyl (C=O) groups is 1. The molecule has 3 aliphatic rings. The maximum Gasteiger partial charge on any atom is 0.340 e. The van der Waals surface area contributed by atoms with E-state index in [0.717, 1.165) is 36.2 Å². The highest BCUT2D eigenvalue weighted by atomic mass is 19.1. The van der Waals surface area contributed by atoms with Gasteiger partial charge in [-0.25, -0.2) is 9.18 Å². The number of ether oxygens (including phenoxy) is 2. The van der Waals surface area contributed by atoms with E-state index in [9.17, 15) is 9.18 Å². The molecule has 0 amide bonds. The number of piperidine rings is 1. The zero-order chi connectivity index (χ0) is 19.5. The molecule has 1 spiro atoms. The van der Waals surface area contributed by atoms with Gasteiger partial charge >= 0.3 is 5.97 Å². The molecule has 5 heteroatoms. The molecular weight excluding hydrogens is 357 g/mol. The van der Waals surface area contributed by atoms with Gasteiger partial charge in [-0.15, -0.1) is 0 Å². The smallest absolute Gasteiger partial charge is 0.340 e. The van der Waals surface area contributed by atoms with E-state index in [-0.39, 0.29) is 11.0 Å². The normalized spacial score (nSPS) is 19.5. The summed E-state index contributed by atoms with van der Waals surface area (Å²) >= 11 is 0. The van der Waals surface area contributed by atoms with Crippen molar-refractivity contribution in [3.8, 4) is 16.9 Å². The number of hydrogen-bond acceptors (Lipinski definition) is 4. The Hall–Kier alpha value is -2.40. The van der Waals surface area contributed by atoms with Gasteiger partial charge in [-0.05, 0) is 91.7 Å². The van der Waals surface area contributed by atoms with Crippen molar-refractivity contribution in [2.24, 2.45) is 0 Å². The van der Waals surface area contributed by atoms with Crippen LogP contribution in [0.4, 0.5) is 4.39 Å². The third-order valence-electron chi connectivity index (χ3n) is 6.87. The zero-order valence-electron chi connectivity index (χ0n) is 16.3. The number of esters is 1. The molecule has 0 atom stereocenters. The third-order valence-corrected chi connectivity index (χ3v) is 6.87. The molecule has 0 saturated carbocycles. The summed E-state index contributed by atoms with van der Waals surface area (Å²) < 4.78 is 25.2. The summed E-state index contributed by atoms with van der Waals surface area (Å²) in [6.07, 6.45) is 4.65. The average Bonchev–Trinajstić information content (AvgIpc) is 3.05. The van der Waals surface area contributed by atoms with Crippen LogP contribution >= 0.6 is 0 Å². The molecule has 1 aliphatic carbocycles. The lowest BCUT2D eigenvalue weighted by Gasteiger charge is -2.39. The lowest BCUT2D eigenvalue weighted by Crippen LogP contribution is -2.39. The van der Waals surface area contributed by atoms with Gasteiger partial charge in [-0.1, -0.05) is 6.07 Å². The maximum atomic E-state index is 14.6. The van der Waals surface area contributed by atoms with E-state index in [1.165, 1.54) is 49.6 Å². The van der Waals surface area contributed by atoms with Crippen molar-refractivity contribution in [1.29, 1.82) is 0 Å². The number of methoxy groups -OCH3 is 1. The number of nitrogens with zero attached hydrogens (tertiary/aromatic N) is 1. The minimum Gasteiger partial charge on any atom is -0.488 e. The summed E-state index contributed by atoms with van der Waals surface area (Å²) in [5, 5.41) is 0. The first-order valence-corrected chi connectivity index (χ1v) is 9.91. The van der Waals surface area contributed by atoms with E-state index < -0.39 is 11.8 Å². The van der Waals surface area contributed by atoms with Gasteiger partial charge in [0.25, 0.3) is 0 Å². The van der Waals surface area contributed by atoms with Crippen LogP contribution in [0.25, 0.3) is 11.1 Å². The molecule has 1 fully saturated rings. The van der Waals surface area contributed by atoms with E-state index in [0.29, 0.717) is 12.4 Å². The molecule has 0 unspecified atom stereocenters. The third kappa shape index (κ3) is 2.56. The highest BCUT2D eigenvalue weighted by Gasteiger charge is 2.41. The fourth-order valence-corrected chi connectivity index (χ4v) is 5.15. The van der Waals surface area contributed by atoms with Crippen LogP contribution in [0, 0.1) is 5.82 Å². The van der Waals surface area contributed by atoms with Crippen LogP contribution in [0.15, 0.2) is 24.3 Å². The molecule has 2 heterocycles. The van der Waals surface area contributed by atoms with E-state index >= 15 is 0 Å². The standard InChI is InChI=1S/C23H24FNO3/c1-25-7-5-23(6-8-25)4-3-14-9-15-13-28-21-12-18(22(26)27-2)20(24)11-17(21)16(15)10-19(14)23/h9-12H,3-8,13H2,1-2H3. The van der Waals surface area contributed by atoms with E-state index in [2.05, 4.69) is 28.8 Å². The molecule has 4 nitrogen and oxygen atoms in total. The van der Waals surface area contributed by atoms with Crippen LogP contribution in [0.2, 0.25) is 0 Å². The topological polar surface area (TPSA) is 38.8 Å². The number of hydrogen-bond donors (Lipinski definition) is 0. The predicted molar refractivity (Wildman–Crippen MR) is 104 cm³/mol. The van der Waals surface area contributed by atoms with Crippen molar-refractivity contribution in [2.75, 3.05) is 27.2 Å². The summed E-state index contributed by atoms with van der Waals surface area (Å²) in [6, 6.07) is 7.43. The van der Waals surface area contributed by atoms with Crippen LogP contribution < -0.4 is 4.74 Å². The second-order valence-electron chi connectivity index (χ2n) is 8.36. The predicted octanol–water partition coefficient (Wildman–Crippen LogP) is 4.08. The Morgan fingerprint density at radius 3 is 2.64 bits per heavy atom. The number of carbonyl (C=O) groups excluding carboxylic acids is 1. The molecule has 2 aromatic carbocycles. The molecule has 28 heavy (non-hydrogen) atoms. The van der Waals surface area contributed by atoms with E-state index in [4.69, 9.17) is 4.74 Å². The van der Waals surface area contributed by atoms with Crippen molar-refractivity contribution in [1.82, 2.24) is 4.90 Å². The van der Waals surface area contributed by atoms with Gasteiger partial charge in [0.1, 0.15) is 18.2 Å². The zero-order valence-corrected chi connectivity index (χ0v) is 16.3. The second kappa shape index (κ2) is 6.31. The highest BCUT2D eigenvalue weighted by Crippen LogP contribution is 2.49. The van der Waals surface area contributed by atoms with Gasteiger partial charge in [0.05, 0.1) is 12.7 Å². The fraction of sp³-hybridized carbons (Fsp3) is 0.435. The molecular formula is C23H24FNO3. The van der Waals surface area contributed by atoms with E-state index in [1.54, 1.807) is 0 Å². The average molecular weight is 381 g/mol. The Kier molecular flexibility index (Phi) is 3.98. The summed E-state index contributed by atoms with van der Waals surface area (Å²) in [5.74, 6) is -0.713. The number of fused-ring (bicyclic) bond motifs is 5. The molecule has 2 aromatic rings. The monoisotopic (exact) mass is 381 g/mol. The van der Waals surface area contributed by atoms with Crippen molar-refractivity contribution >= 4 is 5.97 Å². The van der Waals surface area contributed by atoms with Gasteiger partial charge in [-0.3, -0.25) is 0 Å². The Labute approximate surface area is 164 Å². The maximum absolute atomic E-state index is 14.6. The fourth-order valence-electron chi connectivity index (χ4n) is 5.15. The minimum atomic E-state index is -0.686. The van der Waals surface area contributed by atoms with Crippen molar-refractivity contribution in [2.45, 2.75) is 37.7 Å². The van der Waals surface area contributed by atoms with Crippen LogP contribution in [-0.2, 0) is 23.2 Å². The number of aryl methyl sites for hydroxylation is 1. The summed E-state index contributed by atoms with van der Waals surface area (Å²) in [6.45, 7) is 2.68. The molecule has 5 rings (SSSR count). The molecule has 1 saturated heterocycles. The molecule has 2 aliphatic heterocycles. The van der Waals surface area contributed by atoms with Crippen molar-refractivity contribution in [3.63, 3.8) is 0 Å². The molecule has 0 bridgehead atoms. The summed E-state index contributed by atoms with van der Waals surface area (Å²) in [5.41, 5.74) is 5.88. The number of benzene rings is 2. The Morgan fingerprint density at radius 1 is 1.11 bits per heavy atom. The van der Waals surface area contributed by atoms with Gasteiger partial charge in [0.15, 0.2) is 0 Å². The van der Waals surface area contributed by atoms with Crippen molar-refractivity contribution < 1.29 is 18.7 Å². The number of rotatable bonds is 1. The molecule has 0 N–H and O–H groups in total. The van der Waals surface area contributed by atoms with Gasteiger partial charge in [-0.2, -0.15) is 0 Å². The quantitative estimate of drug-likeness (QED) is 0.698. The first-order chi connectivity index (χ1) is 13.5. The Bertz CT molecular complexity index is 976. The van der Waals surface area contributed by atoms with Gasteiger partial charge < -0.3 is 14.4 Å². The first kappa shape index (κ1) is 17.7. The van der Waals surface area contributed by atoms with Gasteiger partial charge in [0, 0.05) is 5.56 Å². The highest BCUT2D eigenvalue weighted by molar-refractivity contribution is 5.92. The Morgan fingerprint density at radius 2 is 1.89 bits per heavy atom. The van der Waals surface area contributed by atoms with Crippen LogP contribution in [0.3, 0.4) is 0 Å². The largest absolute Gasteiger partial charge is 0.488 e. The lowest BCUT2D eigenvalue weighted by atomic mass is 9.73. The minimum absolute atomic E-state index is 0.0855. The van der Waals surface area contributed by atoms with Crippen LogP contribution in [0.1, 0.15) is 46.3 Å². The second-order valence-corrected chi connectivity index (χ2v) is 8.36. The van der Waals surface area contributed by atoms with Crippen LogP contribution in [-0.4, -0.2) is 38.1 Å². The van der Waals surface area contributed by atoms with Crippen molar-refractivity contribution in [3.05, 3.63) is 52.3 Å². The Balaban J connectivity index is 1.61. The SMILES string of the molecule is COC(=O)c1cc2c(cc1F)-c1cc3c(cc1CO2)CCC31CCN(C)CC1. The summed E-state index contributed by atoms with van der Waals surface area (Å²) in [7, 11) is 3.44.